The first-order chi connectivity index (χ1) is 9.58. The summed E-state index contributed by atoms with van der Waals surface area (Å²) in [6.07, 6.45) is 2.57. The molecule has 6 nitrogen and oxygen atoms in total. The highest BCUT2D eigenvalue weighted by Gasteiger charge is 2.16. The molecule has 1 aromatic carbocycles. The zero-order valence-corrected chi connectivity index (χ0v) is 10.5. The van der Waals surface area contributed by atoms with Crippen molar-refractivity contribution in [3.63, 3.8) is 0 Å². The standard InChI is InChI=1S/C14H13N3O3/c15-12(9-4-2-1-3-5-9)13(18)17-11-6-10(14(19)20)7-16-8-11/h1-8,12H,15H2,(H,17,18)(H,19,20). The van der Waals surface area contributed by atoms with Crippen LogP contribution in [0.25, 0.3) is 0 Å². The lowest BCUT2D eigenvalue weighted by Gasteiger charge is -2.12. The number of carboxylic acids is 1. The normalized spacial score (nSPS) is 11.7. The summed E-state index contributed by atoms with van der Waals surface area (Å²) in [5.41, 5.74) is 6.80. The molecule has 6 heteroatoms. The molecule has 0 fully saturated rings. The van der Waals surface area contributed by atoms with Gasteiger partial charge in [0, 0.05) is 6.20 Å². The highest BCUT2D eigenvalue weighted by atomic mass is 16.4. The molecule has 2 aromatic rings. The Balaban J connectivity index is 2.12. The number of hydrogen-bond donors (Lipinski definition) is 3. The number of aromatic carboxylic acids is 1. The number of nitrogens with two attached hydrogens (primary N) is 1. The molecule has 0 bridgehead atoms. The molecule has 0 aliphatic heterocycles. The van der Waals surface area contributed by atoms with Gasteiger partial charge in [-0.25, -0.2) is 4.79 Å². The lowest BCUT2D eigenvalue weighted by atomic mass is 10.1. The van der Waals surface area contributed by atoms with Crippen LogP contribution in [-0.2, 0) is 4.79 Å². The molecule has 4 N–H and O–H groups in total. The first-order valence-electron chi connectivity index (χ1n) is 5.87. The fourth-order valence-corrected chi connectivity index (χ4v) is 1.66. The first kappa shape index (κ1) is 13.7. The Bertz CT molecular complexity index is 629. The van der Waals surface area contributed by atoms with Crippen LogP contribution in [0.4, 0.5) is 5.69 Å². The second kappa shape index (κ2) is 5.94. The number of nitrogens with one attached hydrogen (secondary N) is 1. The van der Waals surface area contributed by atoms with Crippen molar-refractivity contribution in [1.82, 2.24) is 4.98 Å². The van der Waals surface area contributed by atoms with Crippen molar-refractivity contribution >= 4 is 17.6 Å². The average molecular weight is 271 g/mol. The number of carbonyl (C=O) groups is 2. The summed E-state index contributed by atoms with van der Waals surface area (Å²) in [6.45, 7) is 0. The smallest absolute Gasteiger partial charge is 0.337 e. The third kappa shape index (κ3) is 3.18. The number of anilines is 1. The molecule has 1 atom stereocenters. The van der Waals surface area contributed by atoms with E-state index in [9.17, 15) is 9.59 Å². The van der Waals surface area contributed by atoms with Crippen LogP contribution in [0.5, 0.6) is 0 Å². The molecule has 1 amide bonds. The Kier molecular flexibility index (Phi) is 4.07. The SMILES string of the molecule is NC(C(=O)Nc1cncc(C(=O)O)c1)c1ccccc1. The first-order valence-corrected chi connectivity index (χ1v) is 5.87. The molecule has 20 heavy (non-hydrogen) atoms. The minimum atomic E-state index is -1.11. The van der Waals surface area contributed by atoms with Gasteiger partial charge in [-0.15, -0.1) is 0 Å². The summed E-state index contributed by atoms with van der Waals surface area (Å²) < 4.78 is 0. The molecule has 0 saturated heterocycles. The molecule has 0 spiro atoms. The predicted octanol–water partition coefficient (Wildman–Crippen LogP) is 1.42. The van der Waals surface area contributed by atoms with Crippen LogP contribution >= 0.6 is 0 Å². The van der Waals surface area contributed by atoms with Gasteiger partial charge in [-0.05, 0) is 11.6 Å². The molecule has 0 radical (unpaired) electrons. The second-order valence-electron chi connectivity index (χ2n) is 4.15. The molecule has 102 valence electrons. The van der Waals surface area contributed by atoms with Crippen LogP contribution in [0.15, 0.2) is 48.8 Å². The van der Waals surface area contributed by atoms with E-state index in [0.717, 1.165) is 0 Å². The fraction of sp³-hybridized carbons (Fsp3) is 0.0714. The Morgan fingerprint density at radius 2 is 1.90 bits per heavy atom. The topological polar surface area (TPSA) is 105 Å². The van der Waals surface area contributed by atoms with Crippen LogP contribution < -0.4 is 11.1 Å². The van der Waals surface area contributed by atoms with E-state index in [2.05, 4.69) is 10.3 Å². The number of rotatable bonds is 4. The van der Waals surface area contributed by atoms with Crippen molar-refractivity contribution in [3.05, 3.63) is 59.9 Å². The fourth-order valence-electron chi connectivity index (χ4n) is 1.66. The van der Waals surface area contributed by atoms with Gasteiger partial charge in [0.25, 0.3) is 0 Å². The summed E-state index contributed by atoms with van der Waals surface area (Å²) in [6, 6.07) is 9.39. The van der Waals surface area contributed by atoms with E-state index >= 15 is 0 Å². The van der Waals surface area contributed by atoms with E-state index in [-0.39, 0.29) is 5.56 Å². The predicted molar refractivity (Wildman–Crippen MR) is 73.2 cm³/mol. The summed E-state index contributed by atoms with van der Waals surface area (Å²) in [5, 5.41) is 11.4. The van der Waals surface area contributed by atoms with E-state index in [4.69, 9.17) is 10.8 Å². The summed E-state index contributed by atoms with van der Waals surface area (Å²) in [7, 11) is 0. The highest BCUT2D eigenvalue weighted by molar-refractivity contribution is 5.96. The van der Waals surface area contributed by atoms with Crippen LogP contribution in [0, 0.1) is 0 Å². The van der Waals surface area contributed by atoms with E-state index in [0.29, 0.717) is 11.3 Å². The van der Waals surface area contributed by atoms with Crippen LogP contribution in [0.2, 0.25) is 0 Å². The molecule has 0 aliphatic carbocycles. The Morgan fingerprint density at radius 1 is 1.20 bits per heavy atom. The number of carbonyl (C=O) groups excluding carboxylic acids is 1. The van der Waals surface area contributed by atoms with Crippen molar-refractivity contribution < 1.29 is 14.7 Å². The average Bonchev–Trinajstić information content (AvgIpc) is 2.47. The van der Waals surface area contributed by atoms with Gasteiger partial charge in [0.1, 0.15) is 6.04 Å². The summed E-state index contributed by atoms with van der Waals surface area (Å²) in [4.78, 5) is 26.6. The molecular weight excluding hydrogens is 258 g/mol. The maximum atomic E-state index is 12.0. The van der Waals surface area contributed by atoms with Gasteiger partial charge in [0.05, 0.1) is 17.4 Å². The summed E-state index contributed by atoms with van der Waals surface area (Å²) in [5.74, 6) is -1.54. The number of benzene rings is 1. The van der Waals surface area contributed by atoms with Crippen molar-refractivity contribution in [1.29, 1.82) is 0 Å². The molecule has 1 heterocycles. The second-order valence-corrected chi connectivity index (χ2v) is 4.15. The number of aromatic nitrogens is 1. The number of amides is 1. The maximum Gasteiger partial charge on any atom is 0.337 e. The Labute approximate surface area is 115 Å². The van der Waals surface area contributed by atoms with E-state index < -0.39 is 17.9 Å². The number of hydrogen-bond acceptors (Lipinski definition) is 4. The largest absolute Gasteiger partial charge is 0.478 e. The van der Waals surface area contributed by atoms with Crippen molar-refractivity contribution in [2.75, 3.05) is 5.32 Å². The third-order valence-electron chi connectivity index (χ3n) is 2.69. The minimum Gasteiger partial charge on any atom is -0.478 e. The maximum absolute atomic E-state index is 12.0. The number of carboxylic acid groups (broad SMARTS) is 1. The van der Waals surface area contributed by atoms with Crippen molar-refractivity contribution in [2.45, 2.75) is 6.04 Å². The minimum absolute atomic E-state index is 0.00363. The van der Waals surface area contributed by atoms with Gasteiger partial charge < -0.3 is 16.2 Å². The van der Waals surface area contributed by atoms with Crippen molar-refractivity contribution in [2.24, 2.45) is 5.73 Å². The molecule has 1 unspecified atom stereocenters. The highest BCUT2D eigenvalue weighted by Crippen LogP contribution is 2.14. The van der Waals surface area contributed by atoms with E-state index in [1.54, 1.807) is 24.3 Å². The van der Waals surface area contributed by atoms with Crippen LogP contribution in [0.3, 0.4) is 0 Å². The lowest BCUT2D eigenvalue weighted by Crippen LogP contribution is -2.27. The number of nitrogens with zero attached hydrogens (tertiary/aromatic N) is 1. The van der Waals surface area contributed by atoms with Crippen LogP contribution in [0.1, 0.15) is 22.0 Å². The third-order valence-corrected chi connectivity index (χ3v) is 2.69. The zero-order valence-electron chi connectivity index (χ0n) is 10.5. The molecular formula is C14H13N3O3. The van der Waals surface area contributed by atoms with Crippen molar-refractivity contribution in [3.8, 4) is 0 Å². The van der Waals surface area contributed by atoms with Gasteiger partial charge in [-0.3, -0.25) is 9.78 Å². The van der Waals surface area contributed by atoms with Gasteiger partial charge in [-0.1, -0.05) is 30.3 Å². The zero-order chi connectivity index (χ0) is 14.5. The number of pyridine rings is 1. The molecule has 1 aromatic heterocycles. The van der Waals surface area contributed by atoms with E-state index in [1.165, 1.54) is 18.5 Å². The van der Waals surface area contributed by atoms with E-state index in [1.807, 2.05) is 6.07 Å². The van der Waals surface area contributed by atoms with Gasteiger partial charge in [0.15, 0.2) is 0 Å². The quantitative estimate of drug-likeness (QED) is 0.779. The Hall–Kier alpha value is -2.73. The summed E-state index contributed by atoms with van der Waals surface area (Å²) >= 11 is 0. The lowest BCUT2D eigenvalue weighted by molar-refractivity contribution is -0.117. The molecule has 0 saturated carbocycles. The molecule has 2 rings (SSSR count). The molecule has 0 aliphatic rings. The van der Waals surface area contributed by atoms with Gasteiger partial charge in [-0.2, -0.15) is 0 Å². The Morgan fingerprint density at radius 3 is 2.55 bits per heavy atom. The van der Waals surface area contributed by atoms with Gasteiger partial charge in [0.2, 0.25) is 5.91 Å². The van der Waals surface area contributed by atoms with Crippen LogP contribution in [-0.4, -0.2) is 22.0 Å². The monoisotopic (exact) mass is 271 g/mol. The van der Waals surface area contributed by atoms with Gasteiger partial charge >= 0.3 is 5.97 Å².